The highest BCUT2D eigenvalue weighted by molar-refractivity contribution is 6.32. The van der Waals surface area contributed by atoms with Crippen molar-refractivity contribution in [3.63, 3.8) is 0 Å². The Kier molecular flexibility index (Phi) is 7.03. The molecule has 130 valence electrons. The van der Waals surface area contributed by atoms with Gasteiger partial charge in [0.25, 0.3) is 0 Å². The van der Waals surface area contributed by atoms with Gasteiger partial charge in [-0.2, -0.15) is 0 Å². The van der Waals surface area contributed by atoms with Crippen molar-refractivity contribution in [2.45, 2.75) is 6.54 Å². The van der Waals surface area contributed by atoms with Gasteiger partial charge in [0.2, 0.25) is 0 Å². The molecule has 0 saturated heterocycles. The first kappa shape index (κ1) is 18.2. The second kappa shape index (κ2) is 9.25. The summed E-state index contributed by atoms with van der Waals surface area (Å²) < 4.78 is 21.3. The summed E-state index contributed by atoms with van der Waals surface area (Å²) in [4.78, 5) is 0. The second-order valence-corrected chi connectivity index (χ2v) is 5.42. The predicted molar refractivity (Wildman–Crippen MR) is 94.8 cm³/mol. The van der Waals surface area contributed by atoms with E-state index in [9.17, 15) is 0 Å². The Morgan fingerprint density at radius 1 is 0.917 bits per heavy atom. The Bertz CT molecular complexity index is 646. The van der Waals surface area contributed by atoms with Gasteiger partial charge < -0.3 is 24.3 Å². The van der Waals surface area contributed by atoms with Crippen molar-refractivity contribution in [3.05, 3.63) is 47.0 Å². The highest BCUT2D eigenvalue weighted by Crippen LogP contribution is 2.35. The van der Waals surface area contributed by atoms with Gasteiger partial charge in [0.05, 0.1) is 26.4 Å². The fourth-order valence-corrected chi connectivity index (χ4v) is 2.53. The van der Waals surface area contributed by atoms with Gasteiger partial charge in [-0.1, -0.05) is 11.6 Å². The normalized spacial score (nSPS) is 10.3. The third-order valence-electron chi connectivity index (χ3n) is 3.43. The number of halogens is 1. The van der Waals surface area contributed by atoms with Crippen molar-refractivity contribution in [2.24, 2.45) is 0 Å². The van der Waals surface area contributed by atoms with E-state index in [1.807, 2.05) is 36.4 Å². The van der Waals surface area contributed by atoms with E-state index < -0.39 is 0 Å². The summed E-state index contributed by atoms with van der Waals surface area (Å²) in [5.41, 5.74) is 1.02. The maximum absolute atomic E-state index is 6.19. The summed E-state index contributed by atoms with van der Waals surface area (Å²) in [5, 5.41) is 3.84. The van der Waals surface area contributed by atoms with Crippen LogP contribution < -0.4 is 24.3 Å². The zero-order valence-corrected chi connectivity index (χ0v) is 14.9. The predicted octanol–water partition coefficient (Wildman–Crippen LogP) is 3.53. The topological polar surface area (TPSA) is 49.0 Å². The van der Waals surface area contributed by atoms with E-state index in [1.54, 1.807) is 21.3 Å². The molecule has 2 rings (SSSR count). The van der Waals surface area contributed by atoms with Crippen LogP contribution in [0.15, 0.2) is 36.4 Å². The molecule has 0 atom stereocenters. The summed E-state index contributed by atoms with van der Waals surface area (Å²) in [6.07, 6.45) is 0. The number of methoxy groups -OCH3 is 3. The van der Waals surface area contributed by atoms with Crippen molar-refractivity contribution >= 4 is 11.6 Å². The van der Waals surface area contributed by atoms with E-state index in [4.69, 9.17) is 30.5 Å². The van der Waals surface area contributed by atoms with E-state index in [0.29, 0.717) is 36.2 Å². The van der Waals surface area contributed by atoms with Crippen molar-refractivity contribution < 1.29 is 18.9 Å². The first-order chi connectivity index (χ1) is 11.7. The average molecular weight is 352 g/mol. The number of rotatable bonds is 9. The number of nitrogens with one attached hydrogen (secondary N) is 1. The molecule has 2 aromatic rings. The van der Waals surface area contributed by atoms with Gasteiger partial charge in [0.1, 0.15) is 18.1 Å². The fourth-order valence-electron chi connectivity index (χ4n) is 2.22. The van der Waals surface area contributed by atoms with Crippen LogP contribution in [0.3, 0.4) is 0 Å². The molecule has 24 heavy (non-hydrogen) atoms. The molecule has 0 saturated carbocycles. The minimum absolute atomic E-state index is 0.531. The smallest absolute Gasteiger partial charge is 0.179 e. The molecule has 0 unspecified atom stereocenters. The number of benzene rings is 2. The van der Waals surface area contributed by atoms with Crippen molar-refractivity contribution in [1.29, 1.82) is 0 Å². The summed E-state index contributed by atoms with van der Waals surface area (Å²) in [6, 6.07) is 11.3. The first-order valence-electron chi connectivity index (χ1n) is 7.56. The Morgan fingerprint density at radius 3 is 2.25 bits per heavy atom. The number of hydrogen-bond donors (Lipinski definition) is 1. The van der Waals surface area contributed by atoms with Gasteiger partial charge in [-0.3, -0.25) is 0 Å². The fraction of sp³-hybridized carbons (Fsp3) is 0.333. The van der Waals surface area contributed by atoms with Gasteiger partial charge in [-0.15, -0.1) is 0 Å². The van der Waals surface area contributed by atoms with E-state index in [2.05, 4.69) is 5.32 Å². The molecule has 0 heterocycles. The molecule has 0 amide bonds. The number of hydrogen-bond acceptors (Lipinski definition) is 5. The second-order valence-electron chi connectivity index (χ2n) is 5.01. The molecule has 0 radical (unpaired) electrons. The highest BCUT2D eigenvalue weighted by atomic mass is 35.5. The summed E-state index contributed by atoms with van der Waals surface area (Å²) >= 11 is 6.19. The van der Waals surface area contributed by atoms with Crippen LogP contribution in [0.4, 0.5) is 0 Å². The Labute approximate surface area is 147 Å². The van der Waals surface area contributed by atoms with Crippen LogP contribution in [0.25, 0.3) is 0 Å². The Balaban J connectivity index is 1.78. The zero-order chi connectivity index (χ0) is 17.4. The molecule has 0 bridgehead atoms. The molecular formula is C18H22ClNO4. The molecule has 0 aromatic heterocycles. The maximum Gasteiger partial charge on any atom is 0.179 e. The van der Waals surface area contributed by atoms with Gasteiger partial charge in [0, 0.05) is 13.1 Å². The van der Waals surface area contributed by atoms with Gasteiger partial charge in [0.15, 0.2) is 11.5 Å². The third-order valence-corrected chi connectivity index (χ3v) is 3.71. The summed E-state index contributed by atoms with van der Waals surface area (Å²) in [7, 11) is 4.80. The summed E-state index contributed by atoms with van der Waals surface area (Å²) in [5.74, 6) is 2.79. The lowest BCUT2D eigenvalue weighted by atomic mass is 10.2. The van der Waals surface area contributed by atoms with Crippen LogP contribution in [-0.2, 0) is 6.54 Å². The van der Waals surface area contributed by atoms with Crippen molar-refractivity contribution in [3.8, 4) is 23.0 Å². The van der Waals surface area contributed by atoms with Crippen molar-refractivity contribution in [2.75, 3.05) is 34.5 Å². The van der Waals surface area contributed by atoms with Crippen LogP contribution in [0.2, 0.25) is 5.02 Å². The molecule has 6 heteroatoms. The molecule has 0 aliphatic rings. The van der Waals surface area contributed by atoms with Crippen LogP contribution in [0, 0.1) is 0 Å². The van der Waals surface area contributed by atoms with Gasteiger partial charge in [-0.25, -0.2) is 0 Å². The zero-order valence-electron chi connectivity index (χ0n) is 14.1. The number of ether oxygens (including phenoxy) is 4. The van der Waals surface area contributed by atoms with Gasteiger partial charge in [-0.05, 0) is 42.0 Å². The molecule has 1 N–H and O–H groups in total. The molecule has 0 aliphatic carbocycles. The van der Waals surface area contributed by atoms with E-state index in [-0.39, 0.29) is 0 Å². The van der Waals surface area contributed by atoms with E-state index in [0.717, 1.165) is 17.1 Å². The van der Waals surface area contributed by atoms with Gasteiger partial charge >= 0.3 is 0 Å². The quantitative estimate of drug-likeness (QED) is 0.700. The lowest BCUT2D eigenvalue weighted by Crippen LogP contribution is -2.20. The van der Waals surface area contributed by atoms with Crippen LogP contribution >= 0.6 is 11.6 Å². The van der Waals surface area contributed by atoms with Crippen LogP contribution in [-0.4, -0.2) is 34.5 Å². The van der Waals surface area contributed by atoms with Crippen LogP contribution in [0.1, 0.15) is 5.56 Å². The van der Waals surface area contributed by atoms with Crippen molar-refractivity contribution in [1.82, 2.24) is 5.32 Å². The minimum atomic E-state index is 0.531. The molecular weight excluding hydrogens is 330 g/mol. The Morgan fingerprint density at radius 2 is 1.62 bits per heavy atom. The largest absolute Gasteiger partial charge is 0.497 e. The summed E-state index contributed by atoms with van der Waals surface area (Å²) in [6.45, 7) is 1.93. The van der Waals surface area contributed by atoms with E-state index >= 15 is 0 Å². The van der Waals surface area contributed by atoms with E-state index in [1.165, 1.54) is 0 Å². The molecule has 2 aromatic carbocycles. The van der Waals surface area contributed by atoms with Crippen LogP contribution in [0.5, 0.6) is 23.0 Å². The highest BCUT2D eigenvalue weighted by Gasteiger charge is 2.10. The monoisotopic (exact) mass is 351 g/mol. The standard InChI is InChI=1S/C18H22ClNO4/c1-21-14-4-6-15(7-5-14)24-9-8-20-12-13-10-16(19)18(23-3)17(11-13)22-2/h4-7,10-11,20H,8-9,12H2,1-3H3. The maximum atomic E-state index is 6.19. The molecule has 0 fully saturated rings. The molecule has 5 nitrogen and oxygen atoms in total. The average Bonchev–Trinajstić information content (AvgIpc) is 2.61. The SMILES string of the molecule is COc1ccc(OCCNCc2cc(Cl)c(OC)c(OC)c2)cc1. The molecule has 0 spiro atoms. The Hall–Kier alpha value is -2.11. The molecule has 0 aliphatic heterocycles. The first-order valence-corrected chi connectivity index (χ1v) is 7.93. The lowest BCUT2D eigenvalue weighted by Gasteiger charge is -2.12. The lowest BCUT2D eigenvalue weighted by molar-refractivity contribution is 0.312. The minimum Gasteiger partial charge on any atom is -0.497 e. The third kappa shape index (κ3) is 4.94.